The highest BCUT2D eigenvalue weighted by atomic mass is 32.1. The molecule has 23 heavy (non-hydrogen) atoms. The predicted molar refractivity (Wildman–Crippen MR) is 86.0 cm³/mol. The third-order valence-electron chi connectivity index (χ3n) is 4.23. The van der Waals surface area contributed by atoms with Gasteiger partial charge in [0.1, 0.15) is 0 Å². The van der Waals surface area contributed by atoms with E-state index in [-0.39, 0.29) is 11.9 Å². The fourth-order valence-corrected chi connectivity index (χ4v) is 4.03. The Hall–Kier alpha value is -2.15. The van der Waals surface area contributed by atoms with Gasteiger partial charge in [-0.05, 0) is 24.3 Å². The molecule has 0 aliphatic carbocycles. The summed E-state index contributed by atoms with van der Waals surface area (Å²) in [5.74, 6) is -1.30. The molecule has 0 bridgehead atoms. The zero-order chi connectivity index (χ0) is 16.2. The van der Waals surface area contributed by atoms with Gasteiger partial charge < -0.3 is 14.6 Å². The van der Waals surface area contributed by atoms with Crippen molar-refractivity contribution in [3.05, 3.63) is 41.1 Å². The van der Waals surface area contributed by atoms with Gasteiger partial charge in [-0.3, -0.25) is 9.59 Å². The molecule has 2 unspecified atom stereocenters. The Bertz CT molecular complexity index is 654. The molecule has 7 heteroatoms. The third kappa shape index (κ3) is 3.44. The number of carbonyl (C=O) groups excluding carboxylic acids is 1. The summed E-state index contributed by atoms with van der Waals surface area (Å²) in [6, 6.07) is 3.48. The Morgan fingerprint density at radius 2 is 2.30 bits per heavy atom. The van der Waals surface area contributed by atoms with Crippen molar-refractivity contribution < 1.29 is 14.7 Å². The zero-order valence-electron chi connectivity index (χ0n) is 12.7. The second-order valence-electron chi connectivity index (χ2n) is 5.68. The number of hydrogen-bond acceptors (Lipinski definition) is 4. The first-order valence-corrected chi connectivity index (χ1v) is 8.56. The number of amides is 1. The van der Waals surface area contributed by atoms with Crippen LogP contribution in [-0.2, 0) is 16.1 Å². The number of hydrogen-bond donors (Lipinski definition) is 1. The lowest BCUT2D eigenvalue weighted by Gasteiger charge is -2.39. The Morgan fingerprint density at radius 3 is 2.96 bits per heavy atom. The molecule has 1 aliphatic rings. The van der Waals surface area contributed by atoms with Gasteiger partial charge in [0.05, 0.1) is 18.3 Å². The minimum Gasteiger partial charge on any atom is -0.481 e. The number of carboxylic acid groups (broad SMARTS) is 1. The summed E-state index contributed by atoms with van der Waals surface area (Å²) >= 11 is 1.52. The van der Waals surface area contributed by atoms with Gasteiger partial charge in [0.2, 0.25) is 5.91 Å². The van der Waals surface area contributed by atoms with Crippen molar-refractivity contribution >= 4 is 23.2 Å². The van der Waals surface area contributed by atoms with Crippen LogP contribution in [0.4, 0.5) is 0 Å². The van der Waals surface area contributed by atoms with E-state index in [1.807, 2.05) is 28.3 Å². The number of aryl methyl sites for hydroxylation is 1. The molecule has 2 atom stereocenters. The van der Waals surface area contributed by atoms with Crippen LogP contribution in [0.3, 0.4) is 0 Å². The van der Waals surface area contributed by atoms with Crippen LogP contribution in [0, 0.1) is 5.92 Å². The summed E-state index contributed by atoms with van der Waals surface area (Å²) in [4.78, 5) is 30.7. The lowest BCUT2D eigenvalue weighted by Crippen LogP contribution is -2.45. The fourth-order valence-electron chi connectivity index (χ4n) is 3.13. The van der Waals surface area contributed by atoms with E-state index in [1.54, 1.807) is 17.4 Å². The van der Waals surface area contributed by atoms with Crippen LogP contribution in [0.15, 0.2) is 36.2 Å². The largest absolute Gasteiger partial charge is 0.481 e. The van der Waals surface area contributed by atoms with Crippen LogP contribution in [0.5, 0.6) is 0 Å². The first kappa shape index (κ1) is 15.7. The number of piperidine rings is 1. The number of aliphatic carboxylic acids is 1. The molecule has 6 nitrogen and oxygen atoms in total. The normalized spacial score (nSPS) is 21.6. The number of likely N-dealkylation sites (tertiary alicyclic amines) is 1. The lowest BCUT2D eigenvalue weighted by atomic mass is 9.87. The molecule has 0 radical (unpaired) electrons. The van der Waals surface area contributed by atoms with Crippen molar-refractivity contribution in [2.24, 2.45) is 5.92 Å². The zero-order valence-corrected chi connectivity index (χ0v) is 13.5. The van der Waals surface area contributed by atoms with Crippen molar-refractivity contribution in [2.45, 2.75) is 31.8 Å². The highest BCUT2D eigenvalue weighted by Crippen LogP contribution is 2.38. The van der Waals surface area contributed by atoms with Crippen LogP contribution in [-0.4, -0.2) is 38.0 Å². The molecule has 122 valence electrons. The smallest absolute Gasteiger partial charge is 0.308 e. The summed E-state index contributed by atoms with van der Waals surface area (Å²) in [5.41, 5.74) is 0. The SMILES string of the molecule is O=C(O)C1CCC(=O)N(CCCn2ccnc2)C1c1cccs1. The molecule has 1 N–H and O–H groups in total. The molecule has 0 spiro atoms. The van der Waals surface area contributed by atoms with E-state index in [1.165, 1.54) is 11.3 Å². The first-order valence-electron chi connectivity index (χ1n) is 7.68. The number of nitrogens with zero attached hydrogens (tertiary/aromatic N) is 3. The van der Waals surface area contributed by atoms with Gasteiger partial charge in [0.25, 0.3) is 0 Å². The number of carbonyl (C=O) groups is 2. The lowest BCUT2D eigenvalue weighted by molar-refractivity contribution is -0.152. The molecule has 1 fully saturated rings. The van der Waals surface area contributed by atoms with Crippen molar-refractivity contribution in [2.75, 3.05) is 6.54 Å². The fraction of sp³-hybridized carbons (Fsp3) is 0.438. The van der Waals surface area contributed by atoms with Crippen molar-refractivity contribution in [1.82, 2.24) is 14.5 Å². The van der Waals surface area contributed by atoms with Gasteiger partial charge >= 0.3 is 5.97 Å². The van der Waals surface area contributed by atoms with Crippen LogP contribution >= 0.6 is 11.3 Å². The van der Waals surface area contributed by atoms with Crippen molar-refractivity contribution in [3.8, 4) is 0 Å². The molecule has 2 aromatic rings. The van der Waals surface area contributed by atoms with Gasteiger partial charge in [0, 0.05) is 36.8 Å². The van der Waals surface area contributed by atoms with E-state index in [9.17, 15) is 14.7 Å². The monoisotopic (exact) mass is 333 g/mol. The van der Waals surface area contributed by atoms with Gasteiger partial charge in [-0.1, -0.05) is 6.07 Å². The summed E-state index contributed by atoms with van der Waals surface area (Å²) in [5, 5.41) is 11.5. The quantitative estimate of drug-likeness (QED) is 0.881. The minimum absolute atomic E-state index is 0.0477. The summed E-state index contributed by atoms with van der Waals surface area (Å²) in [6.45, 7) is 1.32. The first-order chi connectivity index (χ1) is 11.2. The van der Waals surface area contributed by atoms with Crippen LogP contribution in [0.2, 0.25) is 0 Å². The average Bonchev–Trinajstić information content (AvgIpc) is 3.21. The average molecular weight is 333 g/mol. The van der Waals surface area contributed by atoms with Crippen molar-refractivity contribution in [1.29, 1.82) is 0 Å². The maximum atomic E-state index is 12.4. The number of imidazole rings is 1. The topological polar surface area (TPSA) is 75.4 Å². The number of thiophene rings is 1. The molecule has 1 saturated heterocycles. The van der Waals surface area contributed by atoms with E-state index in [0.717, 1.165) is 17.8 Å². The molecular formula is C16H19N3O3S. The standard InChI is InChI=1S/C16H19N3O3S/c20-14-5-4-12(16(21)22)15(13-3-1-10-23-13)19(14)8-2-7-18-9-6-17-11-18/h1,3,6,9-12,15H,2,4-5,7-8H2,(H,21,22). The van der Waals surface area contributed by atoms with E-state index in [2.05, 4.69) is 4.98 Å². The van der Waals surface area contributed by atoms with Crippen LogP contribution < -0.4 is 0 Å². The van der Waals surface area contributed by atoms with Crippen LogP contribution in [0.25, 0.3) is 0 Å². The highest BCUT2D eigenvalue weighted by molar-refractivity contribution is 7.10. The molecule has 3 rings (SSSR count). The minimum atomic E-state index is -0.824. The Morgan fingerprint density at radius 1 is 1.43 bits per heavy atom. The summed E-state index contributed by atoms with van der Waals surface area (Å²) in [7, 11) is 0. The molecule has 1 amide bonds. The Kier molecular flexibility index (Phi) is 4.76. The van der Waals surface area contributed by atoms with E-state index >= 15 is 0 Å². The van der Waals surface area contributed by atoms with Crippen LogP contribution in [0.1, 0.15) is 30.2 Å². The van der Waals surface area contributed by atoms with Gasteiger partial charge in [0.15, 0.2) is 0 Å². The molecule has 3 heterocycles. The van der Waals surface area contributed by atoms with E-state index < -0.39 is 11.9 Å². The predicted octanol–water partition coefficient (Wildman–Crippen LogP) is 2.40. The van der Waals surface area contributed by atoms with Gasteiger partial charge in [-0.2, -0.15) is 0 Å². The summed E-state index contributed by atoms with van der Waals surface area (Å²) < 4.78 is 1.96. The number of rotatable bonds is 6. The maximum Gasteiger partial charge on any atom is 0.308 e. The van der Waals surface area contributed by atoms with Gasteiger partial charge in [-0.15, -0.1) is 11.3 Å². The van der Waals surface area contributed by atoms with E-state index in [4.69, 9.17) is 0 Å². The van der Waals surface area contributed by atoms with Gasteiger partial charge in [-0.25, -0.2) is 4.98 Å². The second-order valence-corrected chi connectivity index (χ2v) is 6.66. The number of carboxylic acids is 1. The Labute approximate surface area is 138 Å². The Balaban J connectivity index is 1.75. The molecule has 0 saturated carbocycles. The third-order valence-corrected chi connectivity index (χ3v) is 5.18. The summed E-state index contributed by atoms with van der Waals surface area (Å²) in [6.07, 6.45) is 6.85. The second kappa shape index (κ2) is 6.95. The molecule has 2 aromatic heterocycles. The molecule has 1 aliphatic heterocycles. The highest BCUT2D eigenvalue weighted by Gasteiger charge is 2.40. The van der Waals surface area contributed by atoms with E-state index in [0.29, 0.717) is 19.4 Å². The maximum absolute atomic E-state index is 12.4. The van der Waals surface area contributed by atoms with Crippen molar-refractivity contribution in [3.63, 3.8) is 0 Å². The molecular weight excluding hydrogens is 314 g/mol. The number of aromatic nitrogens is 2. The molecule has 0 aromatic carbocycles.